The summed E-state index contributed by atoms with van der Waals surface area (Å²) in [7, 11) is -1.92. The Kier molecular flexibility index (Phi) is 8.12. The van der Waals surface area contributed by atoms with Crippen molar-refractivity contribution in [1.82, 2.24) is 10.2 Å². The summed E-state index contributed by atoms with van der Waals surface area (Å²) in [5.41, 5.74) is 3.05. The Labute approximate surface area is 207 Å². The van der Waals surface area contributed by atoms with Crippen LogP contribution in [0.2, 0.25) is 23.2 Å². The summed E-state index contributed by atoms with van der Waals surface area (Å²) in [4.78, 5) is 12.2. The van der Waals surface area contributed by atoms with Crippen molar-refractivity contribution in [2.45, 2.75) is 59.0 Å². The van der Waals surface area contributed by atoms with Crippen molar-refractivity contribution in [3.05, 3.63) is 76.6 Å². The van der Waals surface area contributed by atoms with Gasteiger partial charge in [0.25, 0.3) is 0 Å². The number of ether oxygens (including phenoxy) is 1. The zero-order valence-corrected chi connectivity index (χ0v) is 22.3. The molecule has 0 fully saturated rings. The molecule has 180 valence electrons. The Morgan fingerprint density at radius 3 is 2.44 bits per heavy atom. The second-order valence-corrected chi connectivity index (χ2v) is 14.9. The SMILES string of the molecule is CC(=CC(=O)OCc1ccccc1)c1ccc(-c2nnc(CO[Si](C)(C)C(C)(C)C)o2)cc1Cl. The lowest BCUT2D eigenvalue weighted by Crippen LogP contribution is -2.40. The van der Waals surface area contributed by atoms with Crippen LogP contribution in [-0.2, 0) is 27.2 Å². The molecule has 0 spiro atoms. The highest BCUT2D eigenvalue weighted by atomic mass is 35.5. The standard InChI is InChI=1S/C26H31ClN2O4Si/c1-18(14-24(30)31-16-19-10-8-7-9-11-19)21-13-12-20(15-22(21)27)25-29-28-23(33-25)17-32-34(5,6)26(2,3)4/h7-15H,16-17H2,1-6H3. The number of hydrogen-bond acceptors (Lipinski definition) is 6. The summed E-state index contributed by atoms with van der Waals surface area (Å²) >= 11 is 6.51. The molecule has 1 aromatic heterocycles. The van der Waals surface area contributed by atoms with Crippen LogP contribution in [0.5, 0.6) is 0 Å². The third kappa shape index (κ3) is 6.65. The van der Waals surface area contributed by atoms with E-state index in [0.717, 1.165) is 11.1 Å². The van der Waals surface area contributed by atoms with Gasteiger partial charge in [0.15, 0.2) is 8.32 Å². The summed E-state index contributed by atoms with van der Waals surface area (Å²) < 4.78 is 17.3. The van der Waals surface area contributed by atoms with Crippen molar-refractivity contribution in [3.8, 4) is 11.5 Å². The maximum atomic E-state index is 12.2. The van der Waals surface area contributed by atoms with Gasteiger partial charge in [0.1, 0.15) is 13.2 Å². The normalized spacial score (nSPS) is 12.6. The zero-order chi connectivity index (χ0) is 24.9. The van der Waals surface area contributed by atoms with Gasteiger partial charge in [-0.15, -0.1) is 10.2 Å². The molecule has 0 saturated heterocycles. The van der Waals surface area contributed by atoms with Crippen molar-refractivity contribution < 1.29 is 18.4 Å². The van der Waals surface area contributed by atoms with Gasteiger partial charge in [0, 0.05) is 16.7 Å². The van der Waals surface area contributed by atoms with Crippen LogP contribution >= 0.6 is 11.6 Å². The van der Waals surface area contributed by atoms with E-state index in [1.54, 1.807) is 6.07 Å². The minimum absolute atomic E-state index is 0.0958. The van der Waals surface area contributed by atoms with Gasteiger partial charge in [-0.05, 0) is 53.9 Å². The smallest absolute Gasteiger partial charge is 0.331 e. The molecule has 0 atom stereocenters. The first kappa shape index (κ1) is 25.9. The highest BCUT2D eigenvalue weighted by Gasteiger charge is 2.37. The molecule has 0 aliphatic rings. The first-order valence-electron chi connectivity index (χ1n) is 11.1. The predicted molar refractivity (Wildman–Crippen MR) is 137 cm³/mol. The van der Waals surface area contributed by atoms with Crippen LogP contribution < -0.4 is 0 Å². The minimum atomic E-state index is -1.92. The third-order valence-corrected chi connectivity index (χ3v) is 10.8. The van der Waals surface area contributed by atoms with Crippen LogP contribution in [0.15, 0.2) is 59.0 Å². The number of nitrogens with zero attached hydrogens (tertiary/aromatic N) is 2. The van der Waals surface area contributed by atoms with Crippen molar-refractivity contribution >= 4 is 31.5 Å². The molecule has 0 saturated carbocycles. The van der Waals surface area contributed by atoms with Crippen LogP contribution in [0.25, 0.3) is 17.0 Å². The average Bonchev–Trinajstić information content (AvgIpc) is 3.25. The van der Waals surface area contributed by atoms with E-state index in [1.807, 2.05) is 49.4 Å². The van der Waals surface area contributed by atoms with E-state index in [4.69, 9.17) is 25.2 Å². The molecule has 0 radical (unpaired) electrons. The van der Waals surface area contributed by atoms with Gasteiger partial charge in [-0.25, -0.2) is 4.79 Å². The zero-order valence-electron chi connectivity index (χ0n) is 20.5. The van der Waals surface area contributed by atoms with Gasteiger partial charge in [0.2, 0.25) is 11.8 Å². The molecule has 0 amide bonds. The lowest BCUT2D eigenvalue weighted by Gasteiger charge is -2.35. The van der Waals surface area contributed by atoms with E-state index in [2.05, 4.69) is 44.1 Å². The highest BCUT2D eigenvalue weighted by Crippen LogP contribution is 2.37. The molecule has 0 aliphatic carbocycles. The molecule has 6 nitrogen and oxygen atoms in total. The number of aromatic nitrogens is 2. The molecule has 0 bridgehead atoms. The third-order valence-electron chi connectivity index (χ3n) is 6.03. The van der Waals surface area contributed by atoms with Crippen LogP contribution in [0.3, 0.4) is 0 Å². The Morgan fingerprint density at radius 2 is 1.79 bits per heavy atom. The van der Waals surface area contributed by atoms with Gasteiger partial charge in [-0.1, -0.05) is 68.8 Å². The summed E-state index contributed by atoms with van der Waals surface area (Å²) in [6.45, 7) is 13.2. The van der Waals surface area contributed by atoms with Gasteiger partial charge in [-0.3, -0.25) is 0 Å². The molecule has 3 rings (SSSR count). The maximum Gasteiger partial charge on any atom is 0.331 e. The first-order chi connectivity index (χ1) is 16.0. The maximum absolute atomic E-state index is 12.2. The van der Waals surface area contributed by atoms with Gasteiger partial charge in [0.05, 0.1) is 0 Å². The van der Waals surface area contributed by atoms with Crippen molar-refractivity contribution in [2.75, 3.05) is 0 Å². The van der Waals surface area contributed by atoms with Crippen LogP contribution in [0.1, 0.15) is 44.7 Å². The quantitative estimate of drug-likeness (QED) is 0.188. The van der Waals surface area contributed by atoms with Gasteiger partial charge in [-0.2, -0.15) is 0 Å². The average molecular weight is 499 g/mol. The van der Waals surface area contributed by atoms with Crippen molar-refractivity contribution in [3.63, 3.8) is 0 Å². The molecule has 0 aliphatic heterocycles. The number of benzene rings is 2. The van der Waals surface area contributed by atoms with E-state index >= 15 is 0 Å². The topological polar surface area (TPSA) is 74.5 Å². The Hall–Kier alpha value is -2.74. The highest BCUT2D eigenvalue weighted by molar-refractivity contribution is 6.74. The van der Waals surface area contributed by atoms with Gasteiger partial charge >= 0.3 is 5.97 Å². The number of rotatable bonds is 8. The molecule has 0 unspecified atom stereocenters. The minimum Gasteiger partial charge on any atom is -0.458 e. The summed E-state index contributed by atoms with van der Waals surface area (Å²) in [5, 5.41) is 8.82. The van der Waals surface area contributed by atoms with E-state index in [0.29, 0.717) is 27.9 Å². The number of carbonyl (C=O) groups is 1. The Morgan fingerprint density at radius 1 is 1.09 bits per heavy atom. The number of hydrogen-bond donors (Lipinski definition) is 0. The van der Waals surface area contributed by atoms with Crippen LogP contribution in [-0.4, -0.2) is 24.5 Å². The molecule has 0 N–H and O–H groups in total. The monoisotopic (exact) mass is 498 g/mol. The molecule has 8 heteroatoms. The number of esters is 1. The second-order valence-electron chi connectivity index (χ2n) is 9.67. The largest absolute Gasteiger partial charge is 0.458 e. The van der Waals surface area contributed by atoms with Gasteiger partial charge < -0.3 is 13.6 Å². The lowest BCUT2D eigenvalue weighted by molar-refractivity contribution is -0.138. The summed E-state index contributed by atoms with van der Waals surface area (Å²) in [6, 6.07) is 14.9. The molecule has 34 heavy (non-hydrogen) atoms. The predicted octanol–water partition coefficient (Wildman–Crippen LogP) is 7.06. The summed E-state index contributed by atoms with van der Waals surface area (Å²) in [5.74, 6) is 0.369. The molecular weight excluding hydrogens is 468 g/mol. The summed E-state index contributed by atoms with van der Waals surface area (Å²) in [6.07, 6.45) is 1.44. The molecule has 1 heterocycles. The Bertz CT molecular complexity index is 1170. The number of carbonyl (C=O) groups excluding carboxylic acids is 1. The fourth-order valence-corrected chi connectivity index (χ4v) is 4.13. The van der Waals surface area contributed by atoms with Crippen LogP contribution in [0, 0.1) is 0 Å². The number of halogens is 1. The van der Waals surface area contributed by atoms with E-state index in [-0.39, 0.29) is 18.3 Å². The fourth-order valence-electron chi connectivity index (χ4n) is 2.88. The van der Waals surface area contributed by atoms with E-state index in [1.165, 1.54) is 6.08 Å². The molecular formula is C26H31ClN2O4Si. The first-order valence-corrected chi connectivity index (χ1v) is 14.4. The fraction of sp³-hybridized carbons (Fsp3) is 0.346. The number of allylic oxidation sites excluding steroid dienone is 1. The van der Waals surface area contributed by atoms with Crippen molar-refractivity contribution in [1.29, 1.82) is 0 Å². The second kappa shape index (κ2) is 10.7. The lowest BCUT2D eigenvalue weighted by atomic mass is 10.0. The van der Waals surface area contributed by atoms with Crippen molar-refractivity contribution in [2.24, 2.45) is 0 Å². The molecule has 2 aromatic carbocycles. The van der Waals surface area contributed by atoms with E-state index < -0.39 is 14.3 Å². The Balaban J connectivity index is 1.65. The van der Waals surface area contributed by atoms with Crippen LogP contribution in [0.4, 0.5) is 0 Å². The molecule has 3 aromatic rings. The van der Waals surface area contributed by atoms with E-state index in [9.17, 15) is 4.79 Å².